The van der Waals surface area contributed by atoms with Crippen molar-refractivity contribution in [2.24, 2.45) is 0 Å². The van der Waals surface area contributed by atoms with Gasteiger partial charge in [-0.3, -0.25) is 0 Å². The predicted octanol–water partition coefficient (Wildman–Crippen LogP) is 11.2. The molecular formula is C52H38FGeN. The van der Waals surface area contributed by atoms with E-state index < -0.39 is 13.3 Å². The van der Waals surface area contributed by atoms with Crippen LogP contribution < -0.4 is 22.5 Å². The van der Waals surface area contributed by atoms with Crippen molar-refractivity contribution in [3.05, 3.63) is 236 Å². The summed E-state index contributed by atoms with van der Waals surface area (Å²) in [6.45, 7) is 0. The van der Waals surface area contributed by atoms with Crippen molar-refractivity contribution in [3.8, 4) is 22.3 Å². The van der Waals surface area contributed by atoms with Crippen LogP contribution >= 0.6 is 0 Å². The Kier molecular flexibility index (Phi) is 9.41. The van der Waals surface area contributed by atoms with Crippen molar-refractivity contribution in [2.75, 3.05) is 4.90 Å². The molecular weight excluding hydrogens is 730 g/mol. The van der Waals surface area contributed by atoms with Gasteiger partial charge in [0.15, 0.2) is 0 Å². The molecule has 55 heavy (non-hydrogen) atoms. The largest absolute Gasteiger partial charge is 0.0616 e. The minimum absolute atomic E-state index is 0.251. The van der Waals surface area contributed by atoms with Gasteiger partial charge in [-0.2, -0.15) is 0 Å². The van der Waals surface area contributed by atoms with Crippen LogP contribution in [0.2, 0.25) is 0 Å². The molecule has 0 amide bonds. The number of hydrogen-bond acceptors (Lipinski definition) is 1. The Hall–Kier alpha value is -6.49. The van der Waals surface area contributed by atoms with E-state index in [4.69, 9.17) is 0 Å². The maximum atomic E-state index is 14.0. The Balaban J connectivity index is 1.04. The number of anilines is 3. The molecule has 9 aromatic rings. The number of benzene rings is 9. The van der Waals surface area contributed by atoms with Gasteiger partial charge in [0.2, 0.25) is 0 Å². The second-order valence-electron chi connectivity index (χ2n) is 13.9. The molecule has 0 atom stereocenters. The fourth-order valence-electron chi connectivity index (χ4n) is 8.06. The quantitative estimate of drug-likeness (QED) is 0.132. The van der Waals surface area contributed by atoms with E-state index in [-0.39, 0.29) is 5.82 Å². The maximum Gasteiger partial charge on any atom is 0.0540 e. The van der Waals surface area contributed by atoms with Gasteiger partial charge in [-0.1, -0.05) is 36.4 Å². The Morgan fingerprint density at radius 3 is 1.16 bits per heavy atom. The summed E-state index contributed by atoms with van der Waals surface area (Å²) in [5.74, 6) is -0.251. The molecule has 0 bridgehead atoms. The van der Waals surface area contributed by atoms with Crippen LogP contribution in [0, 0.1) is 5.82 Å². The molecule has 0 saturated carbocycles. The summed E-state index contributed by atoms with van der Waals surface area (Å²) in [6, 6.07) is 81.6. The van der Waals surface area contributed by atoms with Crippen molar-refractivity contribution in [3.63, 3.8) is 0 Å². The summed E-state index contributed by atoms with van der Waals surface area (Å²) in [5, 5.41) is 2.29. The third-order valence-corrected chi connectivity index (χ3v) is 20.8. The molecule has 9 rings (SSSR count). The number of halogens is 1. The molecule has 0 spiro atoms. The Bertz CT molecular complexity index is 2560. The number of nitrogens with zero attached hydrogens (tertiary/aromatic N) is 1. The average Bonchev–Trinajstić information content (AvgIpc) is 3.26. The van der Waals surface area contributed by atoms with Crippen molar-refractivity contribution in [1.29, 1.82) is 0 Å². The molecule has 0 saturated heterocycles. The SMILES string of the molecule is Fc1ccc(N(c2ccc(-c3ccc(-c4cc[c]([Ge]([c]5ccccc5)([c]5ccccc5)[c]5ccccc5)cc4)cc3)cc2)c2cccc3ccccc23)cc1. The molecule has 0 fully saturated rings. The van der Waals surface area contributed by atoms with Gasteiger partial charge in [0, 0.05) is 11.1 Å². The smallest absolute Gasteiger partial charge is 0.0540 e. The van der Waals surface area contributed by atoms with Gasteiger partial charge in [-0.15, -0.1) is 0 Å². The molecule has 0 unspecified atom stereocenters. The van der Waals surface area contributed by atoms with Gasteiger partial charge in [0.05, 0.1) is 5.69 Å². The van der Waals surface area contributed by atoms with Crippen LogP contribution in [0.1, 0.15) is 0 Å². The fourth-order valence-corrected chi connectivity index (χ4v) is 18.0. The minimum atomic E-state index is -3.30. The fraction of sp³-hybridized carbons (Fsp3) is 0. The Morgan fingerprint density at radius 2 is 0.673 bits per heavy atom. The molecule has 3 heteroatoms. The summed E-state index contributed by atoms with van der Waals surface area (Å²) >= 11 is -3.30. The van der Waals surface area contributed by atoms with E-state index in [0.29, 0.717) is 0 Å². The monoisotopic (exact) mass is 769 g/mol. The third-order valence-electron chi connectivity index (χ3n) is 10.7. The van der Waals surface area contributed by atoms with E-state index in [0.717, 1.165) is 39.0 Å². The average molecular weight is 768 g/mol. The first-order valence-corrected chi connectivity index (χ1v) is 22.9. The molecule has 9 aromatic carbocycles. The van der Waals surface area contributed by atoms with E-state index in [9.17, 15) is 4.39 Å². The van der Waals surface area contributed by atoms with Gasteiger partial charge < -0.3 is 4.90 Å². The zero-order valence-corrected chi connectivity index (χ0v) is 32.4. The maximum absolute atomic E-state index is 14.0. The first-order chi connectivity index (χ1) is 27.2. The van der Waals surface area contributed by atoms with E-state index in [1.165, 1.54) is 40.8 Å². The molecule has 262 valence electrons. The van der Waals surface area contributed by atoms with Gasteiger partial charge >= 0.3 is 223 Å². The van der Waals surface area contributed by atoms with Gasteiger partial charge in [-0.25, -0.2) is 4.39 Å². The molecule has 0 radical (unpaired) electrons. The molecule has 0 aliphatic heterocycles. The topological polar surface area (TPSA) is 3.24 Å². The zero-order valence-electron chi connectivity index (χ0n) is 30.3. The molecule has 0 aliphatic rings. The van der Waals surface area contributed by atoms with Crippen LogP contribution in [0.15, 0.2) is 231 Å². The number of hydrogen-bond donors (Lipinski definition) is 0. The first kappa shape index (κ1) is 34.3. The second kappa shape index (κ2) is 15.1. The van der Waals surface area contributed by atoms with Gasteiger partial charge in [-0.05, 0) is 35.7 Å². The van der Waals surface area contributed by atoms with E-state index in [1.807, 2.05) is 12.1 Å². The Morgan fingerprint density at radius 1 is 0.309 bits per heavy atom. The third kappa shape index (κ3) is 6.56. The zero-order chi connectivity index (χ0) is 37.0. The van der Waals surface area contributed by atoms with Crippen molar-refractivity contribution in [2.45, 2.75) is 0 Å². The van der Waals surface area contributed by atoms with Crippen LogP contribution in [0.3, 0.4) is 0 Å². The van der Waals surface area contributed by atoms with Crippen LogP contribution in [0.4, 0.5) is 21.5 Å². The van der Waals surface area contributed by atoms with E-state index in [1.54, 1.807) is 0 Å². The van der Waals surface area contributed by atoms with Crippen LogP contribution in [0.5, 0.6) is 0 Å². The van der Waals surface area contributed by atoms with E-state index >= 15 is 0 Å². The van der Waals surface area contributed by atoms with Crippen molar-refractivity contribution < 1.29 is 4.39 Å². The summed E-state index contributed by atoms with van der Waals surface area (Å²) in [7, 11) is 0. The van der Waals surface area contributed by atoms with E-state index in [2.05, 4.69) is 211 Å². The standard InChI is InChI=1S/C52H38FGeN/c53-44-31-37-50(38-32-44)55(52-22-12-14-43-13-10-11-21-51(43)52)49-35-29-42(30-36-49)40-25-23-39(24-26-40)41-27-33-48(34-28-41)54(45-15-4-1-5-16-45,46-17-6-2-7-18-46)47-19-8-3-9-20-47/h1-38H. The molecule has 0 aliphatic carbocycles. The van der Waals surface area contributed by atoms with Crippen LogP contribution in [-0.2, 0) is 0 Å². The Labute approximate surface area is 325 Å². The molecule has 0 heterocycles. The second-order valence-corrected chi connectivity index (χ2v) is 21.9. The van der Waals surface area contributed by atoms with Gasteiger partial charge in [0.25, 0.3) is 0 Å². The molecule has 0 aromatic heterocycles. The summed E-state index contributed by atoms with van der Waals surface area (Å²) in [4.78, 5) is 2.20. The van der Waals surface area contributed by atoms with Crippen molar-refractivity contribution in [1.82, 2.24) is 0 Å². The predicted molar refractivity (Wildman–Crippen MR) is 233 cm³/mol. The normalized spacial score (nSPS) is 11.4. The minimum Gasteiger partial charge on any atom is -0.0616 e. The summed E-state index contributed by atoms with van der Waals surface area (Å²) in [5.41, 5.74) is 7.61. The summed E-state index contributed by atoms with van der Waals surface area (Å²) in [6.07, 6.45) is 0. The number of fused-ring (bicyclic) bond motifs is 1. The van der Waals surface area contributed by atoms with Crippen LogP contribution in [0.25, 0.3) is 33.0 Å². The summed E-state index contributed by atoms with van der Waals surface area (Å²) < 4.78 is 19.7. The van der Waals surface area contributed by atoms with Crippen molar-refractivity contribution >= 4 is 58.7 Å². The van der Waals surface area contributed by atoms with Crippen LogP contribution in [-0.4, -0.2) is 13.3 Å². The first-order valence-electron chi connectivity index (χ1n) is 18.7. The molecule has 0 N–H and O–H groups in total. The molecule has 1 nitrogen and oxygen atoms in total. The number of rotatable bonds is 9. The van der Waals surface area contributed by atoms with Gasteiger partial charge in [0.1, 0.15) is 5.82 Å².